The molecular formula is C12H25NO2. The van der Waals surface area contributed by atoms with Crippen molar-refractivity contribution in [2.45, 2.75) is 53.0 Å². The summed E-state index contributed by atoms with van der Waals surface area (Å²) >= 11 is 0. The fourth-order valence-electron chi connectivity index (χ4n) is 1.51. The molecule has 0 fully saturated rings. The molecule has 0 bridgehead atoms. The molecule has 0 amide bonds. The highest BCUT2D eigenvalue weighted by Crippen LogP contribution is 2.08. The van der Waals surface area contributed by atoms with E-state index in [4.69, 9.17) is 10.5 Å². The summed E-state index contributed by atoms with van der Waals surface area (Å²) in [6.45, 7) is 8.81. The fourth-order valence-corrected chi connectivity index (χ4v) is 1.51. The first-order chi connectivity index (χ1) is 6.97. The zero-order chi connectivity index (χ0) is 11.8. The fraction of sp³-hybridized carbons (Fsp3) is 0.917. The highest BCUT2D eigenvalue weighted by molar-refractivity contribution is 5.75. The molecule has 1 unspecified atom stereocenters. The zero-order valence-corrected chi connectivity index (χ0v) is 10.5. The molecule has 0 heterocycles. The van der Waals surface area contributed by atoms with E-state index in [-0.39, 0.29) is 5.97 Å². The van der Waals surface area contributed by atoms with Crippen molar-refractivity contribution in [1.29, 1.82) is 0 Å². The minimum absolute atomic E-state index is 0.258. The van der Waals surface area contributed by atoms with Crippen LogP contribution in [0.4, 0.5) is 0 Å². The number of carbonyl (C=O) groups is 1. The molecule has 0 aliphatic heterocycles. The number of carbonyl (C=O) groups excluding carboxylic acids is 1. The second kappa shape index (κ2) is 7.69. The molecule has 0 aromatic heterocycles. The van der Waals surface area contributed by atoms with Gasteiger partial charge in [-0.15, -0.1) is 0 Å². The van der Waals surface area contributed by atoms with Crippen LogP contribution in [0.1, 0.15) is 47.0 Å². The Morgan fingerprint density at radius 2 is 1.93 bits per heavy atom. The Hall–Kier alpha value is -0.570. The molecular weight excluding hydrogens is 190 g/mol. The minimum Gasteiger partial charge on any atom is -0.464 e. The van der Waals surface area contributed by atoms with Gasteiger partial charge in [0.2, 0.25) is 0 Å². The Morgan fingerprint density at radius 1 is 1.33 bits per heavy atom. The van der Waals surface area contributed by atoms with E-state index < -0.39 is 6.04 Å². The van der Waals surface area contributed by atoms with Crippen molar-refractivity contribution in [3.05, 3.63) is 0 Å². The molecule has 0 radical (unpaired) electrons. The third-order valence-electron chi connectivity index (χ3n) is 2.32. The van der Waals surface area contributed by atoms with Crippen LogP contribution in [0.5, 0.6) is 0 Å². The molecule has 0 aliphatic carbocycles. The third-order valence-corrected chi connectivity index (χ3v) is 2.32. The molecule has 90 valence electrons. The van der Waals surface area contributed by atoms with Crippen LogP contribution in [-0.4, -0.2) is 18.6 Å². The first-order valence-corrected chi connectivity index (χ1v) is 5.89. The highest BCUT2D eigenvalue weighted by atomic mass is 16.5. The van der Waals surface area contributed by atoms with Gasteiger partial charge in [0.25, 0.3) is 0 Å². The van der Waals surface area contributed by atoms with Crippen LogP contribution < -0.4 is 5.73 Å². The maximum absolute atomic E-state index is 11.4. The molecule has 3 nitrogen and oxygen atoms in total. The number of ether oxygens (including phenoxy) is 1. The van der Waals surface area contributed by atoms with Gasteiger partial charge in [-0.2, -0.15) is 0 Å². The van der Waals surface area contributed by atoms with Gasteiger partial charge in [0.15, 0.2) is 0 Å². The van der Waals surface area contributed by atoms with Gasteiger partial charge in [0.05, 0.1) is 6.61 Å². The van der Waals surface area contributed by atoms with E-state index >= 15 is 0 Å². The van der Waals surface area contributed by atoms with Crippen LogP contribution in [0, 0.1) is 11.8 Å². The summed E-state index contributed by atoms with van der Waals surface area (Å²) in [6.07, 6.45) is 2.91. The van der Waals surface area contributed by atoms with Crippen molar-refractivity contribution in [2.75, 3.05) is 6.61 Å². The molecule has 0 saturated carbocycles. The SMILES string of the molecule is CCCC(C)COC(=O)[C@H](N)CC(C)C. The largest absolute Gasteiger partial charge is 0.464 e. The van der Waals surface area contributed by atoms with Crippen LogP contribution in [0.25, 0.3) is 0 Å². The summed E-state index contributed by atoms with van der Waals surface area (Å²) in [5.41, 5.74) is 5.70. The first-order valence-electron chi connectivity index (χ1n) is 5.89. The van der Waals surface area contributed by atoms with Crippen LogP contribution in [0.2, 0.25) is 0 Å². The van der Waals surface area contributed by atoms with Gasteiger partial charge in [-0.05, 0) is 24.7 Å². The lowest BCUT2D eigenvalue weighted by molar-refractivity contribution is -0.146. The minimum atomic E-state index is -0.459. The zero-order valence-electron chi connectivity index (χ0n) is 10.5. The van der Waals surface area contributed by atoms with Crippen molar-refractivity contribution < 1.29 is 9.53 Å². The average molecular weight is 215 g/mol. The Labute approximate surface area is 93.4 Å². The lowest BCUT2D eigenvalue weighted by atomic mass is 10.0. The van der Waals surface area contributed by atoms with E-state index in [0.717, 1.165) is 12.8 Å². The number of hydrogen-bond donors (Lipinski definition) is 1. The molecule has 0 aliphatic rings. The normalized spacial score (nSPS) is 15.1. The molecule has 2 N–H and O–H groups in total. The number of rotatable bonds is 7. The average Bonchev–Trinajstić information content (AvgIpc) is 2.13. The number of esters is 1. The standard InChI is InChI=1S/C12H25NO2/c1-5-6-10(4)8-15-12(14)11(13)7-9(2)3/h9-11H,5-8,13H2,1-4H3/t10?,11-/m1/s1. The maximum atomic E-state index is 11.4. The predicted octanol–water partition coefficient (Wildman–Crippen LogP) is 2.34. The van der Waals surface area contributed by atoms with Gasteiger partial charge in [0, 0.05) is 0 Å². The lowest BCUT2D eigenvalue weighted by Crippen LogP contribution is -2.34. The molecule has 0 aromatic rings. The van der Waals surface area contributed by atoms with E-state index in [9.17, 15) is 4.79 Å². The molecule has 0 aromatic carbocycles. The summed E-state index contributed by atoms with van der Waals surface area (Å²) in [4.78, 5) is 11.4. The first kappa shape index (κ1) is 14.4. The second-order valence-corrected chi connectivity index (χ2v) is 4.76. The van der Waals surface area contributed by atoms with E-state index in [2.05, 4.69) is 13.8 Å². The van der Waals surface area contributed by atoms with Crippen molar-refractivity contribution in [3.63, 3.8) is 0 Å². The third kappa shape index (κ3) is 7.37. The van der Waals surface area contributed by atoms with Gasteiger partial charge in [-0.3, -0.25) is 4.79 Å². The molecule has 3 heteroatoms. The monoisotopic (exact) mass is 215 g/mol. The summed E-state index contributed by atoms with van der Waals surface area (Å²) in [5.74, 6) is 0.609. The van der Waals surface area contributed by atoms with Gasteiger partial charge in [-0.25, -0.2) is 0 Å². The Kier molecular flexibility index (Phi) is 7.39. The van der Waals surface area contributed by atoms with E-state index in [1.54, 1.807) is 0 Å². The number of hydrogen-bond acceptors (Lipinski definition) is 3. The van der Waals surface area contributed by atoms with Crippen molar-refractivity contribution >= 4 is 5.97 Å². The lowest BCUT2D eigenvalue weighted by Gasteiger charge is -2.15. The molecule has 0 rings (SSSR count). The molecule has 0 spiro atoms. The summed E-state index contributed by atoms with van der Waals surface area (Å²) in [5, 5.41) is 0. The second-order valence-electron chi connectivity index (χ2n) is 4.76. The topological polar surface area (TPSA) is 52.3 Å². The molecule has 2 atom stereocenters. The van der Waals surface area contributed by atoms with Crippen molar-refractivity contribution in [1.82, 2.24) is 0 Å². The van der Waals surface area contributed by atoms with Crippen LogP contribution in [0.15, 0.2) is 0 Å². The van der Waals surface area contributed by atoms with Crippen molar-refractivity contribution in [3.8, 4) is 0 Å². The Balaban J connectivity index is 3.72. The molecule has 15 heavy (non-hydrogen) atoms. The van der Waals surface area contributed by atoms with Crippen LogP contribution in [0.3, 0.4) is 0 Å². The van der Waals surface area contributed by atoms with E-state index in [1.165, 1.54) is 0 Å². The van der Waals surface area contributed by atoms with Crippen molar-refractivity contribution in [2.24, 2.45) is 17.6 Å². The van der Waals surface area contributed by atoms with E-state index in [1.807, 2.05) is 13.8 Å². The predicted molar refractivity (Wildman–Crippen MR) is 62.5 cm³/mol. The molecule has 0 saturated heterocycles. The van der Waals surface area contributed by atoms with Crippen LogP contribution >= 0.6 is 0 Å². The van der Waals surface area contributed by atoms with Gasteiger partial charge in [-0.1, -0.05) is 34.1 Å². The summed E-state index contributed by atoms with van der Waals surface area (Å²) < 4.78 is 5.16. The van der Waals surface area contributed by atoms with Crippen LogP contribution in [-0.2, 0) is 9.53 Å². The maximum Gasteiger partial charge on any atom is 0.322 e. The van der Waals surface area contributed by atoms with Gasteiger partial charge < -0.3 is 10.5 Å². The van der Waals surface area contributed by atoms with E-state index in [0.29, 0.717) is 24.9 Å². The van der Waals surface area contributed by atoms with Gasteiger partial charge in [0.1, 0.15) is 6.04 Å². The Morgan fingerprint density at radius 3 is 2.40 bits per heavy atom. The summed E-state index contributed by atoms with van der Waals surface area (Å²) in [7, 11) is 0. The van der Waals surface area contributed by atoms with Gasteiger partial charge >= 0.3 is 5.97 Å². The highest BCUT2D eigenvalue weighted by Gasteiger charge is 2.17. The Bertz CT molecular complexity index is 180. The quantitative estimate of drug-likeness (QED) is 0.663. The number of nitrogens with two attached hydrogens (primary N) is 1. The smallest absolute Gasteiger partial charge is 0.322 e. The summed E-state index contributed by atoms with van der Waals surface area (Å²) in [6, 6.07) is -0.459.